The van der Waals surface area contributed by atoms with Gasteiger partial charge in [0.1, 0.15) is 0 Å². The first-order valence-corrected chi connectivity index (χ1v) is 7.60. The van der Waals surface area contributed by atoms with Crippen LogP contribution in [0.25, 0.3) is 0 Å². The minimum Gasteiger partial charge on any atom is -0.481 e. The van der Waals surface area contributed by atoms with Crippen LogP contribution in [0, 0.1) is 11.3 Å². The number of methoxy groups -OCH3 is 1. The molecule has 2 rings (SSSR count). The van der Waals surface area contributed by atoms with Crippen molar-refractivity contribution in [3.05, 3.63) is 0 Å². The normalized spacial score (nSPS) is 28.4. The average Bonchev–Trinajstić information content (AvgIpc) is 2.38. The molecule has 0 aliphatic heterocycles. The maximum atomic E-state index is 12.5. The molecule has 2 N–H and O–H groups in total. The van der Waals surface area contributed by atoms with Crippen molar-refractivity contribution in [3.8, 4) is 0 Å². The Morgan fingerprint density at radius 3 is 2.35 bits per heavy atom. The van der Waals surface area contributed by atoms with Gasteiger partial charge in [-0.05, 0) is 44.9 Å². The quantitative estimate of drug-likeness (QED) is 0.781. The number of carboxylic acids is 1. The number of hydrogen-bond donors (Lipinski definition) is 2. The van der Waals surface area contributed by atoms with Crippen LogP contribution in [0.15, 0.2) is 0 Å². The average molecular weight is 283 g/mol. The molecule has 2 aliphatic rings. The lowest BCUT2D eigenvalue weighted by Gasteiger charge is -2.41. The van der Waals surface area contributed by atoms with Gasteiger partial charge in [-0.1, -0.05) is 6.42 Å². The third-order valence-electron chi connectivity index (χ3n) is 4.99. The van der Waals surface area contributed by atoms with Crippen molar-refractivity contribution in [2.45, 2.75) is 57.4 Å². The highest BCUT2D eigenvalue weighted by Crippen LogP contribution is 2.44. The maximum Gasteiger partial charge on any atom is 0.306 e. The van der Waals surface area contributed by atoms with E-state index in [4.69, 9.17) is 9.84 Å². The first kappa shape index (κ1) is 15.3. The number of carbonyl (C=O) groups is 2. The van der Waals surface area contributed by atoms with E-state index in [1.807, 2.05) is 0 Å². The Balaban J connectivity index is 1.81. The monoisotopic (exact) mass is 283 g/mol. The van der Waals surface area contributed by atoms with Gasteiger partial charge < -0.3 is 15.2 Å². The molecule has 0 bridgehead atoms. The molecule has 0 saturated heterocycles. The summed E-state index contributed by atoms with van der Waals surface area (Å²) in [6, 6.07) is 0.151. The predicted molar refractivity (Wildman–Crippen MR) is 74.3 cm³/mol. The summed E-state index contributed by atoms with van der Waals surface area (Å²) in [7, 11) is 1.66. The summed E-state index contributed by atoms with van der Waals surface area (Å²) in [5.41, 5.74) is -0.223. The molecule has 114 valence electrons. The Labute approximate surface area is 120 Å². The van der Waals surface area contributed by atoms with E-state index in [-0.39, 0.29) is 23.3 Å². The van der Waals surface area contributed by atoms with Crippen LogP contribution in [0.4, 0.5) is 0 Å². The van der Waals surface area contributed by atoms with Crippen molar-refractivity contribution in [3.63, 3.8) is 0 Å². The van der Waals surface area contributed by atoms with Gasteiger partial charge in [-0.2, -0.15) is 0 Å². The Kier molecular flexibility index (Phi) is 5.02. The van der Waals surface area contributed by atoms with Crippen molar-refractivity contribution < 1.29 is 19.4 Å². The van der Waals surface area contributed by atoms with Crippen LogP contribution < -0.4 is 5.32 Å². The van der Waals surface area contributed by atoms with Gasteiger partial charge in [0.25, 0.3) is 0 Å². The zero-order valence-corrected chi connectivity index (χ0v) is 12.2. The lowest BCUT2D eigenvalue weighted by atomic mass is 9.66. The van der Waals surface area contributed by atoms with Crippen molar-refractivity contribution in [1.29, 1.82) is 0 Å². The number of hydrogen-bond acceptors (Lipinski definition) is 3. The lowest BCUT2D eigenvalue weighted by molar-refractivity contribution is -0.143. The van der Waals surface area contributed by atoms with Crippen molar-refractivity contribution in [2.24, 2.45) is 11.3 Å². The smallest absolute Gasteiger partial charge is 0.306 e. The number of nitrogens with one attached hydrogen (secondary N) is 1. The highest BCUT2D eigenvalue weighted by molar-refractivity contribution is 5.83. The van der Waals surface area contributed by atoms with Gasteiger partial charge in [-0.25, -0.2) is 0 Å². The molecule has 0 aromatic heterocycles. The molecule has 2 saturated carbocycles. The highest BCUT2D eigenvalue weighted by atomic mass is 16.5. The van der Waals surface area contributed by atoms with Crippen molar-refractivity contribution >= 4 is 11.9 Å². The summed E-state index contributed by atoms with van der Waals surface area (Å²) in [4.78, 5) is 23.4. The fourth-order valence-corrected chi connectivity index (χ4v) is 3.31. The van der Waals surface area contributed by atoms with Crippen LogP contribution in [0.1, 0.15) is 51.4 Å². The van der Waals surface area contributed by atoms with Gasteiger partial charge in [-0.15, -0.1) is 0 Å². The Hall–Kier alpha value is -1.10. The number of carbonyl (C=O) groups excluding carboxylic acids is 1. The lowest BCUT2D eigenvalue weighted by Crippen LogP contribution is -2.50. The zero-order valence-electron chi connectivity index (χ0n) is 12.2. The number of rotatable bonds is 6. The highest BCUT2D eigenvalue weighted by Gasteiger charge is 2.44. The largest absolute Gasteiger partial charge is 0.481 e. The van der Waals surface area contributed by atoms with Gasteiger partial charge in [0.05, 0.1) is 11.3 Å². The van der Waals surface area contributed by atoms with E-state index < -0.39 is 5.97 Å². The third-order valence-corrected chi connectivity index (χ3v) is 4.99. The Morgan fingerprint density at radius 1 is 1.25 bits per heavy atom. The van der Waals surface area contributed by atoms with E-state index in [9.17, 15) is 9.59 Å². The van der Waals surface area contributed by atoms with E-state index >= 15 is 0 Å². The van der Waals surface area contributed by atoms with Gasteiger partial charge in [0.2, 0.25) is 5.91 Å². The minimum absolute atomic E-state index is 0.151. The molecular weight excluding hydrogens is 258 g/mol. The second-order valence-electron chi connectivity index (χ2n) is 6.24. The number of carboxylic acid groups (broad SMARTS) is 1. The Bertz CT molecular complexity index is 357. The molecule has 0 radical (unpaired) electrons. The molecule has 0 atom stereocenters. The molecule has 0 aromatic carbocycles. The van der Waals surface area contributed by atoms with E-state index in [0.29, 0.717) is 19.4 Å². The predicted octanol–water partition coefficient (Wildman–Crippen LogP) is 1.95. The molecular formula is C15H25NO4. The van der Waals surface area contributed by atoms with Crippen LogP contribution >= 0.6 is 0 Å². The van der Waals surface area contributed by atoms with Crippen LogP contribution in [-0.4, -0.2) is 36.7 Å². The number of aliphatic carboxylic acids is 1. The topological polar surface area (TPSA) is 75.6 Å². The molecule has 2 aliphatic carbocycles. The summed E-state index contributed by atoms with van der Waals surface area (Å²) < 4.78 is 5.11. The van der Waals surface area contributed by atoms with E-state index in [2.05, 4.69) is 5.32 Å². The van der Waals surface area contributed by atoms with Crippen LogP contribution in [0.5, 0.6) is 0 Å². The Morgan fingerprint density at radius 2 is 1.90 bits per heavy atom. The molecule has 0 spiro atoms. The van der Waals surface area contributed by atoms with Crippen LogP contribution in [0.3, 0.4) is 0 Å². The fourth-order valence-electron chi connectivity index (χ4n) is 3.31. The van der Waals surface area contributed by atoms with Crippen LogP contribution in [-0.2, 0) is 14.3 Å². The second kappa shape index (κ2) is 6.57. The standard InChI is InChI=1S/C15H25NO4/c1-20-10-9-15(7-2-8-15)14(19)16-12-5-3-11(4-6-12)13(17)18/h11-12H,2-10H2,1H3,(H,16,19)(H,17,18). The number of ether oxygens (including phenoxy) is 1. The van der Waals surface area contributed by atoms with Crippen LogP contribution in [0.2, 0.25) is 0 Å². The molecule has 5 nitrogen and oxygen atoms in total. The molecule has 5 heteroatoms. The van der Waals surface area contributed by atoms with E-state index in [1.165, 1.54) is 0 Å². The minimum atomic E-state index is -0.703. The third kappa shape index (κ3) is 3.32. The molecule has 20 heavy (non-hydrogen) atoms. The molecule has 0 heterocycles. The molecule has 0 aromatic rings. The summed E-state index contributed by atoms with van der Waals surface area (Å²) in [6.45, 7) is 0.624. The summed E-state index contributed by atoms with van der Waals surface area (Å²) in [5, 5.41) is 12.1. The van der Waals surface area contributed by atoms with Gasteiger partial charge in [0.15, 0.2) is 0 Å². The maximum absolute atomic E-state index is 12.5. The summed E-state index contributed by atoms with van der Waals surface area (Å²) in [5.74, 6) is -0.779. The zero-order chi connectivity index (χ0) is 14.6. The first-order chi connectivity index (χ1) is 9.57. The summed E-state index contributed by atoms with van der Waals surface area (Å²) in [6.07, 6.45) is 6.71. The van der Waals surface area contributed by atoms with E-state index in [0.717, 1.165) is 38.5 Å². The van der Waals surface area contributed by atoms with Gasteiger partial charge in [0, 0.05) is 19.8 Å². The van der Waals surface area contributed by atoms with Crippen molar-refractivity contribution in [2.75, 3.05) is 13.7 Å². The van der Waals surface area contributed by atoms with Gasteiger partial charge >= 0.3 is 5.97 Å². The van der Waals surface area contributed by atoms with Crippen molar-refractivity contribution in [1.82, 2.24) is 5.32 Å². The SMILES string of the molecule is COCCC1(C(=O)NC2CCC(C(=O)O)CC2)CCC1. The van der Waals surface area contributed by atoms with E-state index in [1.54, 1.807) is 7.11 Å². The fraction of sp³-hybridized carbons (Fsp3) is 0.867. The first-order valence-electron chi connectivity index (χ1n) is 7.60. The molecule has 2 fully saturated rings. The van der Waals surface area contributed by atoms with Gasteiger partial charge in [-0.3, -0.25) is 9.59 Å². The second-order valence-corrected chi connectivity index (χ2v) is 6.24. The number of amides is 1. The molecule has 1 amide bonds. The molecule has 0 unspecified atom stereocenters. The summed E-state index contributed by atoms with van der Waals surface area (Å²) >= 11 is 0.